The number of benzene rings is 1. The number of hydrogen-bond acceptors (Lipinski definition) is 7. The molecule has 0 radical (unpaired) electrons. The molecule has 1 heterocycles. The number of imide groups is 1. The van der Waals surface area contributed by atoms with Gasteiger partial charge in [-0.3, -0.25) is 10.1 Å². The van der Waals surface area contributed by atoms with Crippen molar-refractivity contribution in [3.8, 4) is 0 Å². The topological polar surface area (TPSA) is 131 Å². The summed E-state index contributed by atoms with van der Waals surface area (Å²) in [7, 11) is -2.49. The van der Waals surface area contributed by atoms with Gasteiger partial charge in [-0.15, -0.1) is 0 Å². The molecule has 0 bridgehead atoms. The zero-order valence-electron chi connectivity index (χ0n) is 15.8. The zero-order valence-corrected chi connectivity index (χ0v) is 16.6. The first kappa shape index (κ1) is 21.8. The van der Waals surface area contributed by atoms with Crippen LogP contribution in [0.5, 0.6) is 0 Å². The summed E-state index contributed by atoms with van der Waals surface area (Å²) >= 11 is 0. The second-order valence-corrected chi connectivity index (χ2v) is 8.25. The Labute approximate surface area is 163 Å². The summed E-state index contributed by atoms with van der Waals surface area (Å²) in [6.45, 7) is 3.31. The summed E-state index contributed by atoms with van der Waals surface area (Å²) in [5.74, 6) is -1.69. The SMILES string of the molecule is CNC(=O)NC(=O)COC(=O)c1cccc(S(=O)(=O)N2C[C@@H](C)O[C@@H](C)C2)c1. The zero-order chi connectivity index (χ0) is 20.9. The molecular weight excluding hydrogens is 390 g/mol. The molecule has 2 atom stereocenters. The monoisotopic (exact) mass is 413 g/mol. The number of carbonyl (C=O) groups is 3. The van der Waals surface area contributed by atoms with Crippen LogP contribution in [0.2, 0.25) is 0 Å². The van der Waals surface area contributed by atoms with Crippen molar-refractivity contribution in [1.29, 1.82) is 0 Å². The highest BCUT2D eigenvalue weighted by Crippen LogP contribution is 2.22. The summed E-state index contributed by atoms with van der Waals surface area (Å²) in [5, 5.41) is 4.13. The number of hydrogen-bond donors (Lipinski definition) is 2. The number of carbonyl (C=O) groups excluding carboxylic acids is 3. The van der Waals surface area contributed by atoms with E-state index in [-0.39, 0.29) is 35.8 Å². The number of urea groups is 1. The van der Waals surface area contributed by atoms with Crippen molar-refractivity contribution in [3.05, 3.63) is 29.8 Å². The van der Waals surface area contributed by atoms with Crippen LogP contribution >= 0.6 is 0 Å². The molecule has 1 aromatic rings. The summed E-state index contributed by atoms with van der Waals surface area (Å²) in [4.78, 5) is 34.6. The van der Waals surface area contributed by atoms with Gasteiger partial charge >= 0.3 is 12.0 Å². The van der Waals surface area contributed by atoms with E-state index in [0.717, 1.165) is 0 Å². The van der Waals surface area contributed by atoms with Gasteiger partial charge in [0.15, 0.2) is 6.61 Å². The first-order chi connectivity index (χ1) is 13.1. The van der Waals surface area contributed by atoms with Gasteiger partial charge in [0.25, 0.3) is 5.91 Å². The number of ether oxygens (including phenoxy) is 2. The second-order valence-electron chi connectivity index (χ2n) is 6.31. The van der Waals surface area contributed by atoms with Gasteiger partial charge in [0, 0.05) is 20.1 Å². The molecule has 1 aromatic carbocycles. The molecule has 28 heavy (non-hydrogen) atoms. The highest BCUT2D eigenvalue weighted by Gasteiger charge is 2.32. The number of esters is 1. The predicted octanol–water partition coefficient (Wildman–Crippen LogP) is 0.0969. The van der Waals surface area contributed by atoms with Crippen LogP contribution in [0.15, 0.2) is 29.2 Å². The first-order valence-electron chi connectivity index (χ1n) is 8.58. The summed E-state index contributed by atoms with van der Waals surface area (Å²) in [6, 6.07) is 4.64. The van der Waals surface area contributed by atoms with E-state index in [1.165, 1.54) is 35.6 Å². The molecule has 1 fully saturated rings. The molecule has 2 rings (SSSR count). The van der Waals surface area contributed by atoms with Crippen LogP contribution in [0.1, 0.15) is 24.2 Å². The van der Waals surface area contributed by atoms with Crippen LogP contribution < -0.4 is 10.6 Å². The lowest BCUT2D eigenvalue weighted by Crippen LogP contribution is -2.48. The fraction of sp³-hybridized carbons (Fsp3) is 0.471. The van der Waals surface area contributed by atoms with E-state index in [1.807, 2.05) is 5.32 Å². The molecule has 0 aliphatic carbocycles. The Morgan fingerprint density at radius 2 is 1.86 bits per heavy atom. The van der Waals surface area contributed by atoms with Crippen molar-refractivity contribution in [2.45, 2.75) is 31.0 Å². The number of nitrogens with one attached hydrogen (secondary N) is 2. The lowest BCUT2D eigenvalue weighted by Gasteiger charge is -2.34. The van der Waals surface area contributed by atoms with Gasteiger partial charge in [-0.05, 0) is 32.0 Å². The number of amides is 3. The largest absolute Gasteiger partial charge is 0.452 e. The third-order valence-electron chi connectivity index (χ3n) is 3.91. The van der Waals surface area contributed by atoms with Gasteiger partial charge in [-0.25, -0.2) is 18.0 Å². The molecule has 1 saturated heterocycles. The van der Waals surface area contributed by atoms with E-state index >= 15 is 0 Å². The van der Waals surface area contributed by atoms with Crippen molar-refractivity contribution < 1.29 is 32.3 Å². The summed E-state index contributed by atoms with van der Waals surface area (Å²) < 4.78 is 37.5. The standard InChI is InChI=1S/C17H23N3O7S/c1-11-8-20(9-12(2)27-11)28(24,25)14-6-4-5-13(7-14)16(22)26-10-15(21)19-17(23)18-3/h4-7,11-12H,8-10H2,1-3H3,(H2,18,19,21,23)/t11-,12+. The van der Waals surface area contributed by atoms with Crippen molar-refractivity contribution in [2.24, 2.45) is 0 Å². The Hall–Kier alpha value is -2.50. The molecule has 0 spiro atoms. The molecule has 154 valence electrons. The number of morpholine rings is 1. The third-order valence-corrected chi connectivity index (χ3v) is 5.74. The van der Waals surface area contributed by atoms with Crippen molar-refractivity contribution in [1.82, 2.24) is 14.9 Å². The molecular formula is C17H23N3O7S. The van der Waals surface area contributed by atoms with Crippen molar-refractivity contribution in [3.63, 3.8) is 0 Å². The van der Waals surface area contributed by atoms with Crippen LogP contribution in [-0.2, 0) is 24.3 Å². The molecule has 1 aliphatic heterocycles. The first-order valence-corrected chi connectivity index (χ1v) is 10.0. The van der Waals surface area contributed by atoms with Crippen LogP contribution in [0, 0.1) is 0 Å². The fourth-order valence-corrected chi connectivity index (χ4v) is 4.34. The maximum atomic E-state index is 12.9. The van der Waals surface area contributed by atoms with Gasteiger partial charge in [0.2, 0.25) is 10.0 Å². The molecule has 0 saturated carbocycles. The Morgan fingerprint density at radius 1 is 1.21 bits per heavy atom. The highest BCUT2D eigenvalue weighted by atomic mass is 32.2. The number of sulfonamides is 1. The molecule has 3 amide bonds. The van der Waals surface area contributed by atoms with Gasteiger partial charge in [0.05, 0.1) is 22.7 Å². The van der Waals surface area contributed by atoms with E-state index in [4.69, 9.17) is 9.47 Å². The van der Waals surface area contributed by atoms with Crippen molar-refractivity contribution in [2.75, 3.05) is 26.7 Å². The Morgan fingerprint density at radius 3 is 2.46 bits per heavy atom. The van der Waals surface area contributed by atoms with E-state index < -0.39 is 34.5 Å². The Bertz CT molecular complexity index is 846. The molecule has 1 aliphatic rings. The van der Waals surface area contributed by atoms with E-state index in [2.05, 4.69) is 5.32 Å². The van der Waals surface area contributed by atoms with Gasteiger partial charge in [-0.2, -0.15) is 4.31 Å². The predicted molar refractivity (Wildman–Crippen MR) is 98.1 cm³/mol. The minimum atomic E-state index is -3.82. The van der Waals surface area contributed by atoms with Crippen LogP contribution in [-0.4, -0.2) is 69.6 Å². The fourth-order valence-electron chi connectivity index (χ4n) is 2.70. The van der Waals surface area contributed by atoms with Crippen LogP contribution in [0.3, 0.4) is 0 Å². The minimum Gasteiger partial charge on any atom is -0.452 e. The van der Waals surface area contributed by atoms with Gasteiger partial charge in [-0.1, -0.05) is 6.07 Å². The molecule has 0 unspecified atom stereocenters. The van der Waals surface area contributed by atoms with Gasteiger partial charge < -0.3 is 14.8 Å². The van der Waals surface area contributed by atoms with Gasteiger partial charge in [0.1, 0.15) is 0 Å². The van der Waals surface area contributed by atoms with E-state index in [9.17, 15) is 22.8 Å². The normalized spacial score (nSPS) is 20.2. The van der Waals surface area contributed by atoms with Crippen LogP contribution in [0.25, 0.3) is 0 Å². The molecule has 2 N–H and O–H groups in total. The number of rotatable bonds is 5. The number of nitrogens with zero attached hydrogens (tertiary/aromatic N) is 1. The Balaban J connectivity index is 2.09. The lowest BCUT2D eigenvalue weighted by molar-refractivity contribution is -0.123. The Kier molecular flexibility index (Phi) is 7.11. The van der Waals surface area contributed by atoms with E-state index in [0.29, 0.717) is 0 Å². The second kappa shape index (κ2) is 9.13. The average Bonchev–Trinajstić information content (AvgIpc) is 2.65. The third kappa shape index (κ3) is 5.50. The quantitative estimate of drug-likeness (QED) is 0.654. The molecule has 11 heteroatoms. The van der Waals surface area contributed by atoms with E-state index in [1.54, 1.807) is 13.8 Å². The summed E-state index contributed by atoms with van der Waals surface area (Å²) in [6.07, 6.45) is -0.490. The summed E-state index contributed by atoms with van der Waals surface area (Å²) in [5.41, 5.74) is -0.0248. The lowest BCUT2D eigenvalue weighted by atomic mass is 10.2. The van der Waals surface area contributed by atoms with Crippen LogP contribution in [0.4, 0.5) is 4.79 Å². The van der Waals surface area contributed by atoms with Crippen molar-refractivity contribution >= 4 is 27.9 Å². The minimum absolute atomic E-state index is 0.0248. The molecule has 0 aromatic heterocycles. The average molecular weight is 413 g/mol. The highest BCUT2D eigenvalue weighted by molar-refractivity contribution is 7.89. The smallest absolute Gasteiger partial charge is 0.338 e. The molecule has 10 nitrogen and oxygen atoms in total. The maximum Gasteiger partial charge on any atom is 0.338 e. The maximum absolute atomic E-state index is 12.9.